The summed E-state index contributed by atoms with van der Waals surface area (Å²) in [4.78, 5) is 34.8. The fraction of sp³-hybridized carbons (Fsp3) is 0.0294. The molecule has 5 heterocycles. The molecule has 0 amide bonds. The van der Waals surface area contributed by atoms with Gasteiger partial charge in [0.25, 0.3) is 0 Å². The van der Waals surface area contributed by atoms with E-state index in [2.05, 4.69) is 30.3 Å². The Morgan fingerprint density at radius 2 is 0.952 bits per heavy atom. The van der Waals surface area contributed by atoms with Crippen molar-refractivity contribution in [2.75, 3.05) is 0 Å². The number of fused-ring (bicyclic) bond motifs is 18. The second-order valence-corrected chi connectivity index (χ2v) is 10.1. The Bertz CT molecular complexity index is 2350. The molecule has 3 aliphatic rings. The molecule has 8 bridgehead atoms. The predicted molar refractivity (Wildman–Crippen MR) is 163 cm³/mol. The number of amidine groups is 3. The van der Waals surface area contributed by atoms with Gasteiger partial charge in [-0.25, -0.2) is 9.98 Å². The van der Waals surface area contributed by atoms with Crippen LogP contribution in [0.4, 0.5) is 11.6 Å². The Morgan fingerprint density at radius 1 is 0.452 bits per heavy atom. The number of hydrogen-bond donors (Lipinski definition) is 0. The molecule has 0 radical (unpaired) electrons. The van der Waals surface area contributed by atoms with Gasteiger partial charge in [-0.2, -0.15) is 0 Å². The molecule has 0 saturated carbocycles. The van der Waals surface area contributed by atoms with Crippen LogP contribution in [0, 0.1) is 0 Å². The van der Waals surface area contributed by atoms with E-state index in [0.717, 1.165) is 54.9 Å². The largest absolute Gasteiger partial charge is 0.435 e. The maximum absolute atomic E-state index is 5.00. The van der Waals surface area contributed by atoms with Gasteiger partial charge in [0.2, 0.25) is 0 Å². The van der Waals surface area contributed by atoms with Crippen LogP contribution in [0.1, 0.15) is 28.7 Å². The van der Waals surface area contributed by atoms with Crippen LogP contribution in [0.25, 0.3) is 27.6 Å². The Labute approximate surface area is 233 Å². The smallest absolute Gasteiger partial charge is 0.0921 e. The standard InChI is InChI=1S/C34H19N7.Cm/c1-3-11-21-19(9-1)27-17-18-28-20-10-2-4-12-22(20)30(36-28)38-32-24-14-6-8-16-26(24)34(40-32)41-33-25-15-7-5-13-23(25)31(39-33)37-29(21)35-27;/h1-17H,18H2;/q-2;/b27-17-,38-30-;. The molecule has 0 saturated heterocycles. The summed E-state index contributed by atoms with van der Waals surface area (Å²) in [5, 5.41) is 4.74. The Kier molecular flexibility index (Phi) is 4.79. The molecule has 2 aromatic heterocycles. The Morgan fingerprint density at radius 3 is 1.62 bits per heavy atom. The van der Waals surface area contributed by atoms with Crippen molar-refractivity contribution in [2.45, 2.75) is 6.42 Å². The number of nitrogens with zero attached hydrogens (tertiary/aromatic N) is 7. The average Bonchev–Trinajstić information content (AvgIpc) is 3.75. The van der Waals surface area contributed by atoms with Crippen LogP contribution in [0.5, 0.6) is 0 Å². The molecule has 0 atom stereocenters. The minimum Gasteiger partial charge on any atom is -0.435 e. The maximum Gasteiger partial charge on any atom is 0.0921 e. The summed E-state index contributed by atoms with van der Waals surface area (Å²) < 4.78 is 0. The second kappa shape index (κ2) is 8.66. The van der Waals surface area contributed by atoms with Gasteiger partial charge >= 0.3 is 0 Å². The first-order valence-corrected chi connectivity index (χ1v) is 13.5. The number of benzene rings is 4. The molecule has 6 aromatic rings. The maximum atomic E-state index is 5.00. The summed E-state index contributed by atoms with van der Waals surface area (Å²) >= 11 is 0. The van der Waals surface area contributed by atoms with Gasteiger partial charge in [0.15, 0.2) is 0 Å². The van der Waals surface area contributed by atoms with E-state index in [-0.39, 0.29) is 0 Å². The van der Waals surface area contributed by atoms with E-state index in [1.807, 2.05) is 72.8 Å². The summed E-state index contributed by atoms with van der Waals surface area (Å²) in [5.41, 5.74) is 5.48. The summed E-state index contributed by atoms with van der Waals surface area (Å²) in [5.74, 6) is 2.98. The van der Waals surface area contributed by atoms with E-state index in [1.54, 1.807) is 0 Å². The normalized spacial score (nSPS) is 18.1. The van der Waals surface area contributed by atoms with Gasteiger partial charge in [-0.15, -0.1) is 0 Å². The third-order valence-electron chi connectivity index (χ3n) is 7.76. The van der Waals surface area contributed by atoms with E-state index >= 15 is 0 Å². The van der Waals surface area contributed by atoms with Crippen molar-refractivity contribution in [3.63, 3.8) is 0 Å². The van der Waals surface area contributed by atoms with Crippen LogP contribution in [0.15, 0.2) is 122 Å². The molecule has 3 aliphatic heterocycles. The van der Waals surface area contributed by atoms with E-state index in [4.69, 9.17) is 34.9 Å². The van der Waals surface area contributed by atoms with Crippen LogP contribution < -0.4 is 20.8 Å². The summed E-state index contributed by atoms with van der Waals surface area (Å²) in [6.07, 6.45) is 2.73. The Hall–Kier alpha value is -6.69. The van der Waals surface area contributed by atoms with Crippen molar-refractivity contribution >= 4 is 62.5 Å². The molecule has 200 valence electrons. The molecule has 42 heavy (non-hydrogen) atoms. The minimum atomic E-state index is 0. The molecule has 4 aromatic carbocycles. The first kappa shape index (κ1) is 23.2. The molecular weight excluding hydrogens is 753 g/mol. The summed E-state index contributed by atoms with van der Waals surface area (Å²) in [6.45, 7) is 0. The fourth-order valence-corrected chi connectivity index (χ4v) is 5.82. The van der Waals surface area contributed by atoms with Gasteiger partial charge in [0.1, 0.15) is 0 Å². The first-order chi connectivity index (χ1) is 20.3. The van der Waals surface area contributed by atoms with Gasteiger partial charge in [-0.3, -0.25) is 0 Å². The van der Waals surface area contributed by atoms with Crippen LogP contribution >= 0.6 is 0 Å². The zero-order chi connectivity index (χ0) is 26.9. The molecule has 0 spiro atoms. The third-order valence-corrected chi connectivity index (χ3v) is 7.76. The Balaban J connectivity index is 0.00000267. The van der Waals surface area contributed by atoms with Crippen molar-refractivity contribution in [2.24, 2.45) is 25.0 Å². The van der Waals surface area contributed by atoms with Gasteiger partial charge in [-0.1, -0.05) is 103 Å². The number of rotatable bonds is 0. The van der Waals surface area contributed by atoms with Crippen LogP contribution in [-0.4, -0.2) is 23.2 Å². The van der Waals surface area contributed by atoms with Crippen molar-refractivity contribution in [1.29, 1.82) is 0 Å². The SMILES string of the molecule is C1=c2\[n-]c(c3ccccc23)=NC2=N/C(=N\c3[n-]c(c4ccccc34)/N=C3\N=C(C/1)c1ccccc13)c1ccccc12.[Cm]. The molecule has 8 heteroatoms. The van der Waals surface area contributed by atoms with Gasteiger partial charge in [0.05, 0.1) is 23.2 Å². The van der Waals surface area contributed by atoms with Gasteiger partial charge < -0.3 is 24.9 Å². The van der Waals surface area contributed by atoms with E-state index < -0.39 is 0 Å². The minimum absolute atomic E-state index is 0. The molecule has 0 unspecified atom stereocenters. The van der Waals surface area contributed by atoms with E-state index in [9.17, 15) is 0 Å². The van der Waals surface area contributed by atoms with Gasteiger partial charge in [-0.05, 0) is 32.4 Å². The average molecular weight is 773 g/mol. The second-order valence-electron chi connectivity index (χ2n) is 10.1. The molecule has 0 N–H and O–H groups in total. The van der Waals surface area contributed by atoms with Gasteiger partial charge in [0, 0.05) is 40.3 Å². The molecule has 0 fully saturated rings. The molecule has 0 aliphatic carbocycles. The predicted octanol–water partition coefficient (Wildman–Crippen LogP) is 5.13. The van der Waals surface area contributed by atoms with Crippen LogP contribution in [0.3, 0.4) is 0 Å². The van der Waals surface area contributed by atoms with Crippen molar-refractivity contribution in [3.8, 4) is 0 Å². The monoisotopic (exact) mass is 768 g/mol. The summed E-state index contributed by atoms with van der Waals surface area (Å²) in [7, 11) is 0. The zero-order valence-electron chi connectivity index (χ0n) is 22.0. The van der Waals surface area contributed by atoms with E-state index in [1.165, 1.54) is 0 Å². The molecule has 7 nitrogen and oxygen atoms in total. The first-order valence-electron chi connectivity index (χ1n) is 13.5. The number of hydrogen-bond acceptors (Lipinski definition) is 5. The zero-order valence-corrected chi connectivity index (χ0v) is 25.0. The number of aliphatic imine (C=N–C) groups is 4. The van der Waals surface area contributed by atoms with E-state index in [0.29, 0.717) is 41.1 Å². The fourth-order valence-electron chi connectivity index (χ4n) is 5.82. The van der Waals surface area contributed by atoms with Crippen molar-refractivity contribution in [3.05, 3.63) is 130 Å². The summed E-state index contributed by atoms with van der Waals surface area (Å²) in [6, 6.07) is 32.5. The van der Waals surface area contributed by atoms with Crippen molar-refractivity contribution < 1.29 is 0 Å². The number of aromatic nitrogens is 2. The van der Waals surface area contributed by atoms with Crippen LogP contribution in [-0.2, 0) is 0 Å². The quantitative estimate of drug-likeness (QED) is 0.215. The van der Waals surface area contributed by atoms with Crippen LogP contribution in [0.2, 0.25) is 0 Å². The molecular formula is C34H19CmN7-2. The van der Waals surface area contributed by atoms with Crippen molar-refractivity contribution in [1.82, 2.24) is 9.97 Å². The third kappa shape index (κ3) is 3.32. The topological polar surface area (TPSA) is 90.0 Å². The molecule has 9 rings (SSSR count).